The van der Waals surface area contributed by atoms with E-state index in [1.165, 1.54) is 11.3 Å². The van der Waals surface area contributed by atoms with Crippen LogP contribution in [-0.4, -0.2) is 61.3 Å². The van der Waals surface area contributed by atoms with Crippen molar-refractivity contribution < 1.29 is 19.0 Å². The molecule has 176 valence electrons. The minimum atomic E-state index is -0.0745. The van der Waals surface area contributed by atoms with E-state index in [0.717, 1.165) is 41.3 Å². The Bertz CT molecular complexity index is 1050. The van der Waals surface area contributed by atoms with Crippen LogP contribution in [0.5, 0.6) is 17.2 Å². The maximum Gasteiger partial charge on any atom is 0.260 e. The summed E-state index contributed by atoms with van der Waals surface area (Å²) in [6.07, 6.45) is 0.0821. The number of rotatable bonds is 9. The van der Waals surface area contributed by atoms with Gasteiger partial charge in [0.05, 0.1) is 16.3 Å². The second kappa shape index (κ2) is 10.4. The molecule has 1 aliphatic rings. The fourth-order valence-corrected chi connectivity index (χ4v) is 4.74. The van der Waals surface area contributed by atoms with Gasteiger partial charge in [-0.15, -0.1) is 0 Å². The molecular weight excluding hydrogens is 438 g/mol. The number of fused-ring (bicyclic) bond motifs is 2. The molecule has 0 unspecified atom stereocenters. The van der Waals surface area contributed by atoms with Crippen LogP contribution >= 0.6 is 11.3 Å². The van der Waals surface area contributed by atoms with Crippen molar-refractivity contribution in [2.45, 2.75) is 33.8 Å². The highest BCUT2D eigenvalue weighted by Crippen LogP contribution is 2.39. The van der Waals surface area contributed by atoms with E-state index >= 15 is 0 Å². The first-order valence-corrected chi connectivity index (χ1v) is 12.3. The Morgan fingerprint density at radius 3 is 2.36 bits per heavy atom. The minimum Gasteiger partial charge on any atom is -0.491 e. The Balaban J connectivity index is 1.64. The zero-order valence-electron chi connectivity index (χ0n) is 19.7. The van der Waals surface area contributed by atoms with Crippen molar-refractivity contribution in [2.75, 3.05) is 44.3 Å². The number of anilines is 1. The van der Waals surface area contributed by atoms with Crippen molar-refractivity contribution in [1.29, 1.82) is 0 Å². The molecule has 7 nitrogen and oxygen atoms in total. The first-order chi connectivity index (χ1) is 16.0. The van der Waals surface area contributed by atoms with Gasteiger partial charge in [-0.05, 0) is 51.2 Å². The number of carbonyl (C=O) groups excluding carboxylic acids is 1. The van der Waals surface area contributed by atoms with Crippen molar-refractivity contribution in [3.8, 4) is 17.2 Å². The molecule has 33 heavy (non-hydrogen) atoms. The molecule has 0 N–H and O–H groups in total. The predicted octanol–water partition coefficient (Wildman–Crippen LogP) is 4.84. The molecule has 0 spiro atoms. The van der Waals surface area contributed by atoms with Gasteiger partial charge in [0.25, 0.3) is 5.91 Å². The lowest BCUT2D eigenvalue weighted by Gasteiger charge is -2.24. The minimum absolute atomic E-state index is 0.0745. The number of benzene rings is 2. The lowest BCUT2D eigenvalue weighted by Crippen LogP contribution is -2.38. The predicted molar refractivity (Wildman–Crippen MR) is 132 cm³/mol. The van der Waals surface area contributed by atoms with Crippen LogP contribution in [0.3, 0.4) is 0 Å². The topological polar surface area (TPSA) is 64.1 Å². The fourth-order valence-electron chi connectivity index (χ4n) is 3.74. The van der Waals surface area contributed by atoms with E-state index in [1.54, 1.807) is 4.90 Å². The smallest absolute Gasteiger partial charge is 0.260 e. The molecule has 1 amide bonds. The third-order valence-electron chi connectivity index (χ3n) is 5.52. The Kier molecular flexibility index (Phi) is 7.35. The van der Waals surface area contributed by atoms with Gasteiger partial charge in [0, 0.05) is 30.8 Å². The lowest BCUT2D eigenvalue weighted by molar-refractivity contribution is 0.0983. The molecule has 3 aromatic rings. The normalized spacial score (nSPS) is 13.0. The molecule has 0 saturated carbocycles. The number of amides is 1. The van der Waals surface area contributed by atoms with Gasteiger partial charge in [-0.3, -0.25) is 9.69 Å². The van der Waals surface area contributed by atoms with E-state index in [1.807, 2.05) is 50.2 Å². The highest BCUT2D eigenvalue weighted by molar-refractivity contribution is 7.22. The van der Waals surface area contributed by atoms with Gasteiger partial charge in [-0.1, -0.05) is 25.2 Å². The Morgan fingerprint density at radius 1 is 1.06 bits per heavy atom. The molecule has 0 saturated heterocycles. The molecule has 0 radical (unpaired) electrons. The van der Waals surface area contributed by atoms with E-state index in [-0.39, 0.29) is 12.0 Å². The molecule has 0 fully saturated rings. The molecule has 2 aromatic carbocycles. The highest BCUT2D eigenvalue weighted by atomic mass is 32.1. The first kappa shape index (κ1) is 23.3. The van der Waals surface area contributed by atoms with Gasteiger partial charge in [0.15, 0.2) is 16.6 Å². The summed E-state index contributed by atoms with van der Waals surface area (Å²) in [6.45, 7) is 12.5. The summed E-state index contributed by atoms with van der Waals surface area (Å²) >= 11 is 1.49. The number of hydrogen-bond acceptors (Lipinski definition) is 7. The van der Waals surface area contributed by atoms with Crippen LogP contribution in [0.25, 0.3) is 10.2 Å². The van der Waals surface area contributed by atoms with E-state index in [9.17, 15) is 4.79 Å². The van der Waals surface area contributed by atoms with Crippen molar-refractivity contribution in [2.24, 2.45) is 0 Å². The molecule has 0 atom stereocenters. The zero-order chi connectivity index (χ0) is 23.4. The summed E-state index contributed by atoms with van der Waals surface area (Å²) in [7, 11) is 0. The van der Waals surface area contributed by atoms with Crippen LogP contribution in [0.15, 0.2) is 36.4 Å². The van der Waals surface area contributed by atoms with E-state index in [4.69, 9.17) is 19.2 Å². The quantitative estimate of drug-likeness (QED) is 0.447. The highest BCUT2D eigenvalue weighted by Gasteiger charge is 2.23. The van der Waals surface area contributed by atoms with Crippen LogP contribution in [0.2, 0.25) is 0 Å². The van der Waals surface area contributed by atoms with Gasteiger partial charge in [-0.25, -0.2) is 4.98 Å². The van der Waals surface area contributed by atoms with E-state index in [0.29, 0.717) is 36.2 Å². The van der Waals surface area contributed by atoms with Crippen molar-refractivity contribution in [3.63, 3.8) is 0 Å². The average molecular weight is 470 g/mol. The number of carbonyl (C=O) groups is 1. The molecular formula is C25H31N3O4S. The van der Waals surface area contributed by atoms with Gasteiger partial charge >= 0.3 is 0 Å². The molecule has 2 heterocycles. The van der Waals surface area contributed by atoms with E-state index in [2.05, 4.69) is 18.7 Å². The first-order valence-electron chi connectivity index (χ1n) is 11.5. The summed E-state index contributed by atoms with van der Waals surface area (Å²) in [5.41, 5.74) is 1.41. The fraction of sp³-hybridized carbons (Fsp3) is 0.440. The Hall–Kier alpha value is -2.84. The van der Waals surface area contributed by atoms with Gasteiger partial charge in [-0.2, -0.15) is 0 Å². The summed E-state index contributed by atoms with van der Waals surface area (Å²) in [5, 5.41) is 0.673. The third-order valence-corrected chi connectivity index (χ3v) is 6.57. The number of aromatic nitrogens is 1. The zero-order valence-corrected chi connectivity index (χ0v) is 20.5. The van der Waals surface area contributed by atoms with Gasteiger partial charge < -0.3 is 19.1 Å². The third kappa shape index (κ3) is 5.39. The van der Waals surface area contributed by atoms with Gasteiger partial charge in [0.2, 0.25) is 0 Å². The maximum absolute atomic E-state index is 13.6. The number of hydrogen-bond donors (Lipinski definition) is 0. The van der Waals surface area contributed by atoms with Gasteiger partial charge in [0.1, 0.15) is 19.0 Å². The molecule has 8 heteroatoms. The van der Waals surface area contributed by atoms with Crippen LogP contribution in [-0.2, 0) is 0 Å². The second-order valence-electron chi connectivity index (χ2n) is 8.13. The maximum atomic E-state index is 13.6. The standard InChI is InChI=1S/C25H31N3O4S/c1-5-27(6-2)11-12-28(24(29)18-7-9-19(10-8-18)32-17(3)4)25-26-20-15-21-22(16-23(20)33-25)31-14-13-30-21/h7-10,15-17H,5-6,11-14H2,1-4H3. The van der Waals surface area contributed by atoms with Crippen LogP contribution in [0.1, 0.15) is 38.1 Å². The monoisotopic (exact) mass is 469 g/mol. The summed E-state index contributed by atoms with van der Waals surface area (Å²) < 4.78 is 18.1. The number of thiazole rings is 1. The molecule has 0 bridgehead atoms. The molecule has 0 aliphatic carbocycles. The summed E-state index contributed by atoms with van der Waals surface area (Å²) in [4.78, 5) is 22.5. The van der Waals surface area contributed by atoms with Crippen LogP contribution in [0.4, 0.5) is 5.13 Å². The number of ether oxygens (including phenoxy) is 3. The number of likely N-dealkylation sites (N-methyl/N-ethyl adjacent to an activating group) is 1. The second-order valence-corrected chi connectivity index (χ2v) is 9.14. The largest absolute Gasteiger partial charge is 0.491 e. The Morgan fingerprint density at radius 2 is 1.73 bits per heavy atom. The van der Waals surface area contributed by atoms with E-state index < -0.39 is 0 Å². The van der Waals surface area contributed by atoms with Crippen molar-refractivity contribution in [1.82, 2.24) is 9.88 Å². The summed E-state index contributed by atoms with van der Waals surface area (Å²) in [6, 6.07) is 11.2. The average Bonchev–Trinajstić information content (AvgIpc) is 3.22. The van der Waals surface area contributed by atoms with Crippen LogP contribution in [0, 0.1) is 0 Å². The molecule has 1 aromatic heterocycles. The lowest BCUT2D eigenvalue weighted by atomic mass is 10.2. The van der Waals surface area contributed by atoms with Crippen LogP contribution < -0.4 is 19.1 Å². The van der Waals surface area contributed by atoms with Crippen molar-refractivity contribution >= 4 is 32.6 Å². The van der Waals surface area contributed by atoms with Crippen molar-refractivity contribution in [3.05, 3.63) is 42.0 Å². The summed E-state index contributed by atoms with van der Waals surface area (Å²) in [5.74, 6) is 2.11. The molecule has 4 rings (SSSR count). The SMILES string of the molecule is CCN(CC)CCN(C(=O)c1ccc(OC(C)C)cc1)c1nc2cc3c(cc2s1)OCCO3. The molecule has 1 aliphatic heterocycles. The Labute approximate surface area is 198 Å². The number of nitrogens with zero attached hydrogens (tertiary/aromatic N) is 3.